The van der Waals surface area contributed by atoms with E-state index >= 15 is 0 Å². The van der Waals surface area contributed by atoms with Gasteiger partial charge in [0.25, 0.3) is 5.91 Å². The zero-order chi connectivity index (χ0) is 24.4. The number of carbonyl (C=O) groups excluding carboxylic acids is 4. The summed E-state index contributed by atoms with van der Waals surface area (Å²) in [7, 11) is 1.54. The van der Waals surface area contributed by atoms with E-state index < -0.39 is 35.7 Å². The Morgan fingerprint density at radius 2 is 2.03 bits per heavy atom. The Morgan fingerprint density at radius 3 is 2.68 bits per heavy atom. The summed E-state index contributed by atoms with van der Waals surface area (Å²) in [6.45, 7) is 0.603. The molecule has 5 N–H and O–H groups in total. The third-order valence-corrected chi connectivity index (χ3v) is 6.89. The molecule has 11 heteroatoms. The second-order valence-corrected chi connectivity index (χ2v) is 9.57. The summed E-state index contributed by atoms with van der Waals surface area (Å²) >= 11 is 6.18. The van der Waals surface area contributed by atoms with Gasteiger partial charge in [0, 0.05) is 19.5 Å². The number of hydrogen-bond donors (Lipinski definition) is 4. The lowest BCUT2D eigenvalue weighted by Crippen LogP contribution is -2.54. The van der Waals surface area contributed by atoms with E-state index in [9.17, 15) is 19.2 Å². The van der Waals surface area contributed by atoms with E-state index in [1.807, 2.05) is 0 Å². The molecule has 0 radical (unpaired) electrons. The Morgan fingerprint density at radius 1 is 1.26 bits per heavy atom. The molecular weight excluding hydrogens is 460 g/mol. The van der Waals surface area contributed by atoms with Crippen LogP contribution in [0, 0.1) is 11.8 Å². The highest BCUT2D eigenvalue weighted by Gasteiger charge is 2.37. The van der Waals surface area contributed by atoms with Crippen molar-refractivity contribution >= 4 is 46.3 Å². The second-order valence-electron chi connectivity index (χ2n) is 9.16. The van der Waals surface area contributed by atoms with Crippen LogP contribution in [0.1, 0.15) is 49.1 Å². The zero-order valence-electron chi connectivity index (χ0n) is 19.0. The summed E-state index contributed by atoms with van der Waals surface area (Å²) in [5.41, 5.74) is 6.65. The Hall–Kier alpha value is -3.14. The summed E-state index contributed by atoms with van der Waals surface area (Å²) in [4.78, 5) is 59.3. The first-order valence-electron chi connectivity index (χ1n) is 11.5. The molecule has 34 heavy (non-hydrogen) atoms. The molecule has 3 atom stereocenters. The minimum Gasteiger partial charge on any atom is -0.368 e. The van der Waals surface area contributed by atoms with E-state index in [1.54, 1.807) is 18.2 Å². The quantitative estimate of drug-likeness (QED) is 0.420. The minimum absolute atomic E-state index is 0.0736. The number of nitrogens with one attached hydrogen (secondary N) is 3. The molecule has 4 rings (SSSR count). The second kappa shape index (κ2) is 10.0. The first kappa shape index (κ1) is 24.0. The highest BCUT2D eigenvalue weighted by Crippen LogP contribution is 2.35. The van der Waals surface area contributed by atoms with Gasteiger partial charge in [0.15, 0.2) is 5.82 Å². The van der Waals surface area contributed by atoms with Gasteiger partial charge in [-0.15, -0.1) is 0 Å². The van der Waals surface area contributed by atoms with Crippen molar-refractivity contribution < 1.29 is 19.2 Å². The maximum Gasteiger partial charge on any atom is 0.290 e. The van der Waals surface area contributed by atoms with Crippen molar-refractivity contribution in [1.29, 1.82) is 0 Å². The number of imidazole rings is 1. The van der Waals surface area contributed by atoms with Crippen LogP contribution in [0.4, 0.5) is 0 Å². The number of nitrogens with zero attached hydrogens (tertiary/aromatic N) is 2. The third-order valence-electron chi connectivity index (χ3n) is 6.59. The predicted octanol–water partition coefficient (Wildman–Crippen LogP) is 1.34. The van der Waals surface area contributed by atoms with E-state index in [0.29, 0.717) is 41.4 Å². The molecule has 1 saturated heterocycles. The number of nitrogens with two attached hydrogens (primary N) is 1. The number of H-pyrrole nitrogens is 1. The van der Waals surface area contributed by atoms with Crippen LogP contribution in [0.2, 0.25) is 5.02 Å². The van der Waals surface area contributed by atoms with E-state index in [4.69, 9.17) is 17.3 Å². The molecule has 2 heterocycles. The van der Waals surface area contributed by atoms with Crippen LogP contribution in [0.3, 0.4) is 0 Å². The van der Waals surface area contributed by atoms with E-state index in [2.05, 4.69) is 20.6 Å². The van der Waals surface area contributed by atoms with Crippen LogP contribution in [0.15, 0.2) is 18.2 Å². The van der Waals surface area contributed by atoms with Crippen molar-refractivity contribution in [3.63, 3.8) is 0 Å². The lowest BCUT2D eigenvalue weighted by atomic mass is 9.91. The topological polar surface area (TPSA) is 150 Å². The van der Waals surface area contributed by atoms with Crippen molar-refractivity contribution in [1.82, 2.24) is 25.5 Å². The molecule has 4 amide bonds. The number of hydrogen-bond acceptors (Lipinski definition) is 5. The van der Waals surface area contributed by atoms with Gasteiger partial charge in [0.05, 0.1) is 10.5 Å². The fourth-order valence-corrected chi connectivity index (χ4v) is 4.59. The number of benzene rings is 1. The molecule has 10 nitrogen and oxygen atoms in total. The lowest BCUT2D eigenvalue weighted by Gasteiger charge is -2.30. The van der Waals surface area contributed by atoms with E-state index in [-0.39, 0.29) is 18.2 Å². The van der Waals surface area contributed by atoms with Gasteiger partial charge >= 0.3 is 0 Å². The molecule has 1 saturated carbocycles. The van der Waals surface area contributed by atoms with Crippen LogP contribution in [0.25, 0.3) is 11.0 Å². The summed E-state index contributed by atoms with van der Waals surface area (Å²) < 4.78 is 0. The number of aromatic amines is 1. The first-order chi connectivity index (χ1) is 16.2. The minimum atomic E-state index is -1.00. The standard InChI is InChI=1S/C23H29ClN6O4/c1-30(23(34)20-27-15-6-2-5-14(24)18(15)29-20)17(10-12-7-8-12)22(33)28-16(19(25)31)11-13-4-3-9-26-21(13)32/h2,5-6,12-13,16-17H,3-4,7-11H2,1H3,(H2,25,31)(H,26,32)(H,27,29)(H,28,33). The number of fused-ring (bicyclic) bond motifs is 1. The molecule has 2 fully saturated rings. The van der Waals surface area contributed by atoms with Gasteiger partial charge in [-0.3, -0.25) is 19.2 Å². The number of rotatable bonds is 9. The van der Waals surface area contributed by atoms with Crippen LogP contribution >= 0.6 is 11.6 Å². The Labute approximate surface area is 202 Å². The number of piperidine rings is 1. The Balaban J connectivity index is 1.50. The summed E-state index contributed by atoms with van der Waals surface area (Å²) in [5.74, 6) is -1.79. The van der Waals surface area contributed by atoms with Gasteiger partial charge in [-0.2, -0.15) is 0 Å². The van der Waals surface area contributed by atoms with Crippen LogP contribution in [0.5, 0.6) is 0 Å². The SMILES string of the molecule is CN(C(=O)c1nc2c(Cl)cccc2[nH]1)C(CC1CC1)C(=O)NC(CC1CCCNC1=O)C(N)=O. The molecule has 182 valence electrons. The molecule has 2 aromatic rings. The van der Waals surface area contributed by atoms with Gasteiger partial charge in [-0.05, 0) is 43.7 Å². The molecule has 0 bridgehead atoms. The molecule has 0 spiro atoms. The number of primary amides is 1. The average molecular weight is 489 g/mol. The van der Waals surface area contributed by atoms with Crippen LogP contribution < -0.4 is 16.4 Å². The normalized spacial score (nSPS) is 19.8. The summed E-state index contributed by atoms with van der Waals surface area (Å²) in [5, 5.41) is 5.89. The van der Waals surface area contributed by atoms with E-state index in [0.717, 1.165) is 19.3 Å². The highest BCUT2D eigenvalue weighted by atomic mass is 35.5. The number of likely N-dealkylation sites (N-methyl/N-ethyl adjacent to an activating group) is 1. The fourth-order valence-electron chi connectivity index (χ4n) is 4.38. The van der Waals surface area contributed by atoms with Gasteiger partial charge in [0.2, 0.25) is 17.7 Å². The first-order valence-corrected chi connectivity index (χ1v) is 11.9. The predicted molar refractivity (Wildman–Crippen MR) is 126 cm³/mol. The van der Waals surface area contributed by atoms with Crippen molar-refractivity contribution in [2.45, 2.75) is 50.6 Å². The van der Waals surface area contributed by atoms with Gasteiger partial charge in [-0.1, -0.05) is 30.5 Å². The number of halogens is 1. The summed E-state index contributed by atoms with van der Waals surface area (Å²) in [6, 6.07) is 3.38. The molecule has 3 unspecified atom stereocenters. The van der Waals surface area contributed by atoms with Gasteiger partial charge in [0.1, 0.15) is 17.6 Å². The van der Waals surface area contributed by atoms with Gasteiger partial charge in [-0.25, -0.2) is 4.98 Å². The van der Waals surface area contributed by atoms with Crippen LogP contribution in [-0.2, 0) is 14.4 Å². The maximum absolute atomic E-state index is 13.3. The largest absolute Gasteiger partial charge is 0.368 e. The molecule has 1 aliphatic carbocycles. The Kier molecular flexibility index (Phi) is 7.06. The van der Waals surface area contributed by atoms with Crippen molar-refractivity contribution in [3.8, 4) is 0 Å². The fraction of sp³-hybridized carbons (Fsp3) is 0.522. The number of aromatic nitrogens is 2. The number of carbonyl (C=O) groups is 4. The van der Waals surface area contributed by atoms with Crippen LogP contribution in [-0.4, -0.2) is 64.2 Å². The van der Waals surface area contributed by atoms with Crippen molar-refractivity contribution in [3.05, 3.63) is 29.0 Å². The monoisotopic (exact) mass is 488 g/mol. The Bertz CT molecular complexity index is 1110. The third kappa shape index (κ3) is 5.32. The number of para-hydroxylation sites is 1. The van der Waals surface area contributed by atoms with Crippen molar-refractivity contribution in [2.24, 2.45) is 17.6 Å². The molecule has 1 aromatic carbocycles. The van der Waals surface area contributed by atoms with Crippen molar-refractivity contribution in [2.75, 3.05) is 13.6 Å². The lowest BCUT2D eigenvalue weighted by molar-refractivity contribution is -0.132. The molecular formula is C23H29ClN6O4. The molecule has 1 aromatic heterocycles. The smallest absolute Gasteiger partial charge is 0.290 e. The molecule has 2 aliphatic rings. The van der Waals surface area contributed by atoms with Gasteiger partial charge < -0.3 is 26.3 Å². The maximum atomic E-state index is 13.3. The average Bonchev–Trinajstić information content (AvgIpc) is 3.52. The number of amides is 4. The van der Waals surface area contributed by atoms with E-state index in [1.165, 1.54) is 11.9 Å². The molecule has 1 aliphatic heterocycles. The zero-order valence-corrected chi connectivity index (χ0v) is 19.7. The highest BCUT2D eigenvalue weighted by molar-refractivity contribution is 6.35. The summed E-state index contributed by atoms with van der Waals surface area (Å²) in [6.07, 6.45) is 3.98.